The van der Waals surface area contributed by atoms with Crippen LogP contribution in [-0.2, 0) is 22.4 Å². The topological polar surface area (TPSA) is 103 Å². The molecule has 8 heteroatoms. The maximum atomic E-state index is 13.1. The second kappa shape index (κ2) is 11.1. The smallest absolute Gasteiger partial charge is 0.660 e. The monoisotopic (exact) mass is 572 g/mol. The van der Waals surface area contributed by atoms with Gasteiger partial charge in [-0.25, -0.2) is 4.79 Å². The molecule has 0 radical (unpaired) electrons. The SMILES string of the molecule is CCC1=C2[N-]/C(=C\c3[n-]c(c(CC)c3C)/C=c3\[n-]/c(c(CC)c3C)=C\c3[n-]c4c(c3C)[C@@H](O)C(C(=O)OC)=C24)[C@H]1C.[Mg+2]. The number of carbonyl (C=O) groups excluding carboxylic acids is 1. The maximum absolute atomic E-state index is 13.1. The molecule has 42 heavy (non-hydrogen) atoms. The summed E-state index contributed by atoms with van der Waals surface area (Å²) >= 11 is 0. The number of esters is 1. The van der Waals surface area contributed by atoms with E-state index in [1.807, 2.05) is 13.0 Å². The quantitative estimate of drug-likeness (QED) is 0.376. The van der Waals surface area contributed by atoms with Gasteiger partial charge >= 0.3 is 29.0 Å². The summed E-state index contributed by atoms with van der Waals surface area (Å²) in [7, 11) is 1.34. The minimum atomic E-state index is -1.15. The number of aromatic nitrogens is 3. The third-order valence-electron chi connectivity index (χ3n) is 9.18. The first-order valence-electron chi connectivity index (χ1n) is 14.5. The Morgan fingerprint density at radius 1 is 0.857 bits per heavy atom. The summed E-state index contributed by atoms with van der Waals surface area (Å²) < 4.78 is 5.17. The molecule has 0 saturated heterocycles. The van der Waals surface area contributed by atoms with Crippen molar-refractivity contribution in [2.24, 2.45) is 5.92 Å². The molecule has 2 aliphatic heterocycles. The van der Waals surface area contributed by atoms with Crippen molar-refractivity contribution < 1.29 is 14.6 Å². The van der Waals surface area contributed by atoms with E-state index in [4.69, 9.17) is 25.0 Å². The van der Waals surface area contributed by atoms with Crippen LogP contribution in [0.2, 0.25) is 0 Å². The van der Waals surface area contributed by atoms with Crippen molar-refractivity contribution in [1.82, 2.24) is 15.0 Å². The molecule has 0 fully saturated rings. The first-order chi connectivity index (χ1) is 19.6. The zero-order valence-electron chi connectivity index (χ0n) is 25.8. The summed E-state index contributed by atoms with van der Waals surface area (Å²) in [6.45, 7) is 14.7. The van der Waals surface area contributed by atoms with Crippen LogP contribution in [0, 0.1) is 26.7 Å². The van der Waals surface area contributed by atoms with E-state index in [9.17, 15) is 9.90 Å². The Bertz CT molecular complexity index is 1840. The van der Waals surface area contributed by atoms with Crippen LogP contribution in [0.25, 0.3) is 29.1 Å². The van der Waals surface area contributed by atoms with Gasteiger partial charge in [-0.05, 0) is 57.1 Å². The third kappa shape index (κ3) is 4.29. The molecule has 8 bridgehead atoms. The van der Waals surface area contributed by atoms with Gasteiger partial charge in [-0.15, -0.1) is 39.2 Å². The average molecular weight is 573 g/mol. The summed E-state index contributed by atoms with van der Waals surface area (Å²) in [6, 6.07) is 0. The first kappa shape index (κ1) is 30.3. The summed E-state index contributed by atoms with van der Waals surface area (Å²) in [5.74, 6) is -0.553. The predicted molar refractivity (Wildman–Crippen MR) is 166 cm³/mol. The van der Waals surface area contributed by atoms with Crippen LogP contribution in [0.1, 0.15) is 96.4 Å². The van der Waals surface area contributed by atoms with E-state index in [1.165, 1.54) is 12.7 Å². The van der Waals surface area contributed by atoms with E-state index in [2.05, 4.69) is 53.7 Å². The van der Waals surface area contributed by atoms with Crippen molar-refractivity contribution in [3.8, 4) is 0 Å². The van der Waals surface area contributed by atoms with Crippen LogP contribution < -0.4 is 25.7 Å². The van der Waals surface area contributed by atoms with E-state index in [-0.39, 0.29) is 34.5 Å². The number of hydrogen-bond donors (Lipinski definition) is 1. The van der Waals surface area contributed by atoms with Gasteiger partial charge in [0.1, 0.15) is 6.10 Å². The average Bonchev–Trinajstić information content (AvgIpc) is 3.69. The van der Waals surface area contributed by atoms with Crippen molar-refractivity contribution in [1.29, 1.82) is 0 Å². The Hall–Kier alpha value is -3.20. The van der Waals surface area contributed by atoms with Crippen LogP contribution in [-0.4, -0.2) is 41.2 Å². The van der Waals surface area contributed by atoms with E-state index < -0.39 is 12.1 Å². The molecule has 0 aromatic carbocycles. The third-order valence-corrected chi connectivity index (χ3v) is 9.18. The molecule has 3 aromatic heterocycles. The minimum Gasteiger partial charge on any atom is -0.660 e. The Labute approximate surface area is 263 Å². The van der Waals surface area contributed by atoms with E-state index in [0.717, 1.165) is 80.6 Å². The Kier molecular flexibility index (Phi) is 8.02. The number of nitrogens with zero attached hydrogens (tertiary/aromatic N) is 4. The van der Waals surface area contributed by atoms with Crippen LogP contribution in [0.15, 0.2) is 22.5 Å². The molecule has 0 saturated carbocycles. The fraction of sp³-hybridized carbons (Fsp3) is 0.382. The number of hydrogen-bond acceptors (Lipinski definition) is 3. The van der Waals surface area contributed by atoms with Crippen LogP contribution in [0.4, 0.5) is 0 Å². The summed E-state index contributed by atoms with van der Waals surface area (Å²) in [5.41, 5.74) is 12.7. The van der Waals surface area contributed by atoms with Crippen molar-refractivity contribution in [3.63, 3.8) is 0 Å². The summed E-state index contributed by atoms with van der Waals surface area (Å²) in [5, 5.41) is 18.5. The molecular formula is C34H36MgN4O3-2. The molecule has 1 aliphatic carbocycles. The van der Waals surface area contributed by atoms with Gasteiger partial charge in [-0.3, -0.25) is 0 Å². The molecular weight excluding hydrogens is 537 g/mol. The second-order valence-electron chi connectivity index (χ2n) is 11.2. The number of ether oxygens (including phenoxy) is 1. The molecule has 0 spiro atoms. The number of rotatable bonds is 4. The van der Waals surface area contributed by atoms with E-state index in [0.29, 0.717) is 22.5 Å². The number of aliphatic hydroxyl groups excluding tert-OH is 1. The zero-order valence-corrected chi connectivity index (χ0v) is 27.2. The molecule has 0 amide bonds. The molecule has 6 rings (SSSR count). The van der Waals surface area contributed by atoms with Crippen LogP contribution in [0.3, 0.4) is 0 Å². The summed E-state index contributed by atoms with van der Waals surface area (Å²) in [6.07, 6.45) is 7.47. The molecule has 1 N–H and O–H groups in total. The predicted octanol–water partition coefficient (Wildman–Crippen LogP) is 3.90. The van der Waals surface area contributed by atoms with Gasteiger partial charge in [0.05, 0.1) is 12.7 Å². The van der Waals surface area contributed by atoms with Crippen molar-refractivity contribution in [2.45, 2.75) is 73.8 Å². The van der Waals surface area contributed by atoms with E-state index in [1.54, 1.807) is 0 Å². The van der Waals surface area contributed by atoms with Gasteiger partial charge < -0.3 is 30.1 Å². The number of aliphatic hydroxyl groups is 1. The number of methoxy groups -OCH3 is 1. The largest absolute Gasteiger partial charge is 2.00 e. The standard InChI is InChI=1S/C34H37N4O3.Mg/c1-9-19-15(4)22-12-24-17(6)21(11-3)31(37-24)29-30(34(40)41-8)33(39)28-18(7)25(38-32(28)29)14-27-20(10-2)16(5)23(36-27)13-26(19)35-22;/h12-14,17,33,39H,9-11H2,1-8H3,(H-3,35,36,37,38,40);/q-3;+2/p-1/t17-,33+;/m0./s1. The van der Waals surface area contributed by atoms with Crippen LogP contribution in [0.5, 0.6) is 0 Å². The van der Waals surface area contributed by atoms with Gasteiger partial charge in [-0.2, -0.15) is 5.70 Å². The molecule has 5 heterocycles. The minimum absolute atomic E-state index is 0. The maximum Gasteiger partial charge on any atom is 2.00 e. The van der Waals surface area contributed by atoms with Gasteiger partial charge in [0.25, 0.3) is 0 Å². The molecule has 7 nitrogen and oxygen atoms in total. The molecule has 2 atom stereocenters. The molecule has 0 unspecified atom stereocenters. The van der Waals surface area contributed by atoms with E-state index >= 15 is 0 Å². The van der Waals surface area contributed by atoms with Gasteiger partial charge in [0, 0.05) is 0 Å². The van der Waals surface area contributed by atoms with Gasteiger partial charge in [0.2, 0.25) is 0 Å². The number of allylic oxidation sites excluding steroid dienone is 2. The van der Waals surface area contributed by atoms with Crippen molar-refractivity contribution >= 4 is 52.8 Å². The number of carbonyl (C=O) groups is 1. The Morgan fingerprint density at radius 3 is 2.17 bits per heavy atom. The Morgan fingerprint density at radius 2 is 1.52 bits per heavy atom. The zero-order chi connectivity index (χ0) is 29.3. The first-order valence-corrected chi connectivity index (χ1v) is 14.5. The second-order valence-corrected chi connectivity index (χ2v) is 11.2. The fourth-order valence-electron chi connectivity index (χ4n) is 6.81. The molecule has 3 aliphatic rings. The normalized spacial score (nSPS) is 21.7. The van der Waals surface area contributed by atoms with Gasteiger partial charge in [-0.1, -0.05) is 79.3 Å². The summed E-state index contributed by atoms with van der Waals surface area (Å²) in [4.78, 5) is 28.3. The Balaban J connectivity index is 0.00000353. The van der Waals surface area contributed by atoms with Crippen LogP contribution >= 0.6 is 0 Å². The fourth-order valence-corrected chi connectivity index (χ4v) is 6.81. The molecule has 214 valence electrons. The number of fused-ring (bicyclic) bond motifs is 8. The van der Waals surface area contributed by atoms with Crippen molar-refractivity contribution in [3.05, 3.63) is 94.7 Å². The van der Waals surface area contributed by atoms with Crippen molar-refractivity contribution in [2.75, 3.05) is 7.11 Å². The van der Waals surface area contributed by atoms with Gasteiger partial charge in [0.15, 0.2) is 0 Å². The molecule has 3 aromatic rings.